The standard InChI is InChI=1S/C8H16N2/c1-4-5-8(2,3)10-7-6-9/h6-7,9H,4-5H2,1-3H3/b9-6?,10-7-. The van der Waals surface area contributed by atoms with E-state index in [9.17, 15) is 0 Å². The van der Waals surface area contributed by atoms with E-state index in [-0.39, 0.29) is 5.54 Å². The van der Waals surface area contributed by atoms with Gasteiger partial charge < -0.3 is 5.41 Å². The van der Waals surface area contributed by atoms with Gasteiger partial charge in [0.1, 0.15) is 0 Å². The number of hydrogen-bond donors (Lipinski definition) is 1. The van der Waals surface area contributed by atoms with Crippen LogP contribution < -0.4 is 0 Å². The maximum absolute atomic E-state index is 6.74. The monoisotopic (exact) mass is 140 g/mol. The van der Waals surface area contributed by atoms with Gasteiger partial charge in [0.2, 0.25) is 0 Å². The van der Waals surface area contributed by atoms with E-state index in [0.29, 0.717) is 0 Å². The van der Waals surface area contributed by atoms with Crippen molar-refractivity contribution < 1.29 is 0 Å². The summed E-state index contributed by atoms with van der Waals surface area (Å²) in [7, 11) is 0. The van der Waals surface area contributed by atoms with Crippen LogP contribution >= 0.6 is 0 Å². The lowest BCUT2D eigenvalue weighted by Gasteiger charge is -2.17. The first kappa shape index (κ1) is 9.34. The van der Waals surface area contributed by atoms with E-state index < -0.39 is 0 Å². The molecule has 0 aliphatic rings. The van der Waals surface area contributed by atoms with Crippen LogP contribution in [0.5, 0.6) is 0 Å². The van der Waals surface area contributed by atoms with Crippen molar-refractivity contribution in [3.8, 4) is 0 Å². The van der Waals surface area contributed by atoms with Gasteiger partial charge in [-0.2, -0.15) is 0 Å². The van der Waals surface area contributed by atoms with Crippen molar-refractivity contribution in [1.29, 1.82) is 5.41 Å². The number of aliphatic imine (C=N–C) groups is 1. The highest BCUT2D eigenvalue weighted by molar-refractivity contribution is 6.14. The summed E-state index contributed by atoms with van der Waals surface area (Å²) in [6.07, 6.45) is 4.99. The van der Waals surface area contributed by atoms with E-state index in [1.807, 2.05) is 0 Å². The number of hydrogen-bond acceptors (Lipinski definition) is 2. The van der Waals surface area contributed by atoms with Crippen molar-refractivity contribution in [2.75, 3.05) is 0 Å². The van der Waals surface area contributed by atoms with Crippen molar-refractivity contribution >= 4 is 12.4 Å². The third kappa shape index (κ3) is 4.24. The Balaban J connectivity index is 3.84. The first-order chi connectivity index (χ1) is 4.62. The Bertz CT molecular complexity index is 125. The van der Waals surface area contributed by atoms with Crippen molar-refractivity contribution in [2.24, 2.45) is 4.99 Å². The summed E-state index contributed by atoms with van der Waals surface area (Å²) in [5, 5.41) is 6.74. The van der Waals surface area contributed by atoms with Crippen LogP contribution in [0.1, 0.15) is 33.6 Å². The van der Waals surface area contributed by atoms with Crippen molar-refractivity contribution in [2.45, 2.75) is 39.2 Å². The Morgan fingerprint density at radius 2 is 2.10 bits per heavy atom. The lowest BCUT2D eigenvalue weighted by atomic mass is 10.0. The summed E-state index contributed by atoms with van der Waals surface area (Å²) in [6.45, 7) is 6.30. The van der Waals surface area contributed by atoms with E-state index in [2.05, 4.69) is 25.8 Å². The fourth-order valence-electron chi connectivity index (χ4n) is 0.915. The smallest absolute Gasteiger partial charge is 0.0552 e. The van der Waals surface area contributed by atoms with E-state index >= 15 is 0 Å². The average Bonchev–Trinajstić information content (AvgIpc) is 1.84. The fraction of sp³-hybridized carbons (Fsp3) is 0.750. The molecule has 0 aromatic carbocycles. The molecular formula is C8H16N2. The molecule has 0 aromatic rings. The summed E-state index contributed by atoms with van der Waals surface area (Å²) in [4.78, 5) is 4.20. The Hall–Kier alpha value is -0.660. The van der Waals surface area contributed by atoms with Crippen LogP contribution in [-0.4, -0.2) is 18.0 Å². The highest BCUT2D eigenvalue weighted by atomic mass is 14.8. The second-order valence-corrected chi connectivity index (χ2v) is 3.01. The molecule has 0 rings (SSSR count). The normalized spacial score (nSPS) is 12.3. The van der Waals surface area contributed by atoms with Crippen LogP contribution in [0.15, 0.2) is 4.99 Å². The summed E-state index contributed by atoms with van der Waals surface area (Å²) in [6, 6.07) is 0. The quantitative estimate of drug-likeness (QED) is 0.582. The van der Waals surface area contributed by atoms with Gasteiger partial charge in [0.05, 0.1) is 5.54 Å². The minimum absolute atomic E-state index is 0.0201. The molecule has 58 valence electrons. The Morgan fingerprint density at radius 1 is 1.50 bits per heavy atom. The third-order valence-electron chi connectivity index (χ3n) is 1.36. The molecular weight excluding hydrogens is 124 g/mol. The van der Waals surface area contributed by atoms with Gasteiger partial charge in [0.25, 0.3) is 0 Å². The Morgan fingerprint density at radius 3 is 2.50 bits per heavy atom. The summed E-state index contributed by atoms with van der Waals surface area (Å²) >= 11 is 0. The van der Waals surface area contributed by atoms with E-state index in [0.717, 1.165) is 12.8 Å². The highest BCUT2D eigenvalue weighted by Crippen LogP contribution is 2.14. The van der Waals surface area contributed by atoms with Crippen LogP contribution in [0.3, 0.4) is 0 Å². The molecule has 0 aliphatic carbocycles. The van der Waals surface area contributed by atoms with Gasteiger partial charge in [-0.3, -0.25) is 4.99 Å². The van der Waals surface area contributed by atoms with Gasteiger partial charge in [0.15, 0.2) is 0 Å². The van der Waals surface area contributed by atoms with E-state index in [4.69, 9.17) is 5.41 Å². The Labute approximate surface area is 62.9 Å². The van der Waals surface area contributed by atoms with Crippen molar-refractivity contribution in [3.63, 3.8) is 0 Å². The largest absolute Gasteiger partial charge is 0.307 e. The summed E-state index contributed by atoms with van der Waals surface area (Å²) in [5.74, 6) is 0. The van der Waals surface area contributed by atoms with Crippen LogP contribution in [0, 0.1) is 5.41 Å². The van der Waals surface area contributed by atoms with Crippen LogP contribution in [-0.2, 0) is 0 Å². The van der Waals surface area contributed by atoms with Crippen LogP contribution in [0.25, 0.3) is 0 Å². The molecule has 0 spiro atoms. The molecule has 0 heterocycles. The molecule has 2 nitrogen and oxygen atoms in total. The number of nitrogens with one attached hydrogen (secondary N) is 1. The highest BCUT2D eigenvalue weighted by Gasteiger charge is 2.11. The van der Waals surface area contributed by atoms with Gasteiger partial charge in [-0.15, -0.1) is 0 Å². The first-order valence-corrected chi connectivity index (χ1v) is 3.66. The van der Waals surface area contributed by atoms with Gasteiger partial charge in [-0.1, -0.05) is 13.3 Å². The van der Waals surface area contributed by atoms with E-state index in [1.165, 1.54) is 6.21 Å². The molecule has 0 unspecified atom stereocenters. The molecule has 0 aromatic heterocycles. The zero-order valence-corrected chi connectivity index (χ0v) is 7.02. The predicted molar refractivity (Wildman–Crippen MR) is 46.3 cm³/mol. The molecule has 2 heteroatoms. The SMILES string of the molecule is CCCC(C)(C)/N=C\C=N. The predicted octanol–water partition coefficient (Wildman–Crippen LogP) is 2.29. The molecule has 0 atom stereocenters. The van der Waals surface area contributed by atoms with Gasteiger partial charge in [-0.25, -0.2) is 0 Å². The second-order valence-electron chi connectivity index (χ2n) is 3.01. The average molecular weight is 140 g/mol. The Kier molecular flexibility index (Phi) is 3.93. The second kappa shape index (κ2) is 4.20. The molecule has 0 bridgehead atoms. The molecule has 0 saturated carbocycles. The maximum Gasteiger partial charge on any atom is 0.0552 e. The molecule has 0 amide bonds. The molecule has 1 N–H and O–H groups in total. The summed E-state index contributed by atoms with van der Waals surface area (Å²) in [5.41, 5.74) is 0.0201. The zero-order chi connectivity index (χ0) is 8.04. The minimum Gasteiger partial charge on any atom is -0.307 e. The fourth-order valence-corrected chi connectivity index (χ4v) is 0.915. The minimum atomic E-state index is 0.0201. The van der Waals surface area contributed by atoms with E-state index in [1.54, 1.807) is 6.21 Å². The molecule has 10 heavy (non-hydrogen) atoms. The first-order valence-electron chi connectivity index (χ1n) is 3.66. The summed E-state index contributed by atoms with van der Waals surface area (Å²) < 4.78 is 0. The van der Waals surface area contributed by atoms with Gasteiger partial charge in [0, 0.05) is 12.4 Å². The lowest BCUT2D eigenvalue weighted by molar-refractivity contribution is 0.476. The lowest BCUT2D eigenvalue weighted by Crippen LogP contribution is -2.15. The van der Waals surface area contributed by atoms with Crippen LogP contribution in [0.4, 0.5) is 0 Å². The van der Waals surface area contributed by atoms with Gasteiger partial charge in [-0.05, 0) is 20.3 Å². The topological polar surface area (TPSA) is 36.2 Å². The van der Waals surface area contributed by atoms with Crippen molar-refractivity contribution in [1.82, 2.24) is 0 Å². The molecule has 0 fully saturated rings. The van der Waals surface area contributed by atoms with Crippen molar-refractivity contribution in [3.05, 3.63) is 0 Å². The number of nitrogens with zero attached hydrogens (tertiary/aromatic N) is 1. The van der Waals surface area contributed by atoms with Gasteiger partial charge >= 0.3 is 0 Å². The molecule has 0 aliphatic heterocycles. The number of rotatable bonds is 4. The molecule has 0 radical (unpaired) electrons. The zero-order valence-electron chi connectivity index (χ0n) is 7.02. The molecule has 0 saturated heterocycles. The van der Waals surface area contributed by atoms with Crippen LogP contribution in [0.2, 0.25) is 0 Å². The maximum atomic E-state index is 6.74. The third-order valence-corrected chi connectivity index (χ3v) is 1.36.